The van der Waals surface area contributed by atoms with Crippen LogP contribution in [-0.2, 0) is 37.8 Å². The number of aromatic nitrogens is 3. The van der Waals surface area contributed by atoms with Gasteiger partial charge in [-0.2, -0.15) is 0 Å². The van der Waals surface area contributed by atoms with Crippen LogP contribution < -0.4 is 24.6 Å². The fraction of sp³-hybridized carbons (Fsp3) is 0.396. The number of fused-ring (bicyclic) bond motifs is 2. The zero-order valence-electron chi connectivity index (χ0n) is 35.4. The Balaban J connectivity index is 1.11. The zero-order valence-corrected chi connectivity index (χ0v) is 36.4. The number of anilines is 3. The molecule has 0 bridgehead atoms. The summed E-state index contributed by atoms with van der Waals surface area (Å²) in [6, 6.07) is 32.1. The number of benzene rings is 4. The van der Waals surface area contributed by atoms with Gasteiger partial charge in [0.2, 0.25) is 11.8 Å². The molecule has 5 atom stereocenters. The molecule has 5 heterocycles. The van der Waals surface area contributed by atoms with Crippen molar-refractivity contribution in [3.05, 3.63) is 126 Å². The van der Waals surface area contributed by atoms with E-state index < -0.39 is 13.7 Å². The van der Waals surface area contributed by atoms with Gasteiger partial charge in [0.05, 0.1) is 51.7 Å². The first kappa shape index (κ1) is 40.8. The Morgan fingerprint density at radius 1 is 0.885 bits per heavy atom. The van der Waals surface area contributed by atoms with Crippen molar-refractivity contribution in [3.63, 3.8) is 0 Å². The van der Waals surface area contributed by atoms with Crippen molar-refractivity contribution in [1.82, 2.24) is 15.0 Å². The molecule has 316 valence electrons. The third-order valence-corrected chi connectivity index (χ3v) is 18.1. The molecule has 4 aliphatic heterocycles. The highest BCUT2D eigenvalue weighted by Gasteiger charge is 2.66. The second-order valence-electron chi connectivity index (χ2n) is 17.6. The molecular weight excluding hydrogens is 785 g/mol. The summed E-state index contributed by atoms with van der Waals surface area (Å²) in [7, 11) is -0.790. The third kappa shape index (κ3) is 7.15. The number of aliphatic hydroxyl groups excluding tert-OH is 1. The van der Waals surface area contributed by atoms with Crippen molar-refractivity contribution in [2.45, 2.75) is 88.4 Å². The molecule has 1 unspecified atom stereocenters. The molecule has 9 rings (SSSR count). The van der Waals surface area contributed by atoms with Crippen LogP contribution >= 0.6 is 0 Å². The summed E-state index contributed by atoms with van der Waals surface area (Å²) in [5.74, 6) is 0.305. The van der Waals surface area contributed by atoms with E-state index in [1.807, 2.05) is 111 Å². The predicted molar refractivity (Wildman–Crippen MR) is 237 cm³/mol. The number of amides is 3. The van der Waals surface area contributed by atoms with Crippen molar-refractivity contribution < 1.29 is 29.0 Å². The number of hydrogen-bond donors (Lipinski definition) is 1. The average Bonchev–Trinajstić information content (AvgIpc) is 4.12. The van der Waals surface area contributed by atoms with Gasteiger partial charge in [-0.1, -0.05) is 85.0 Å². The number of carbonyl (C=O) groups excluding carboxylic acids is 3. The molecule has 3 fully saturated rings. The van der Waals surface area contributed by atoms with Crippen LogP contribution in [0.5, 0.6) is 5.75 Å². The quantitative estimate of drug-likeness (QED) is 0.133. The molecule has 61 heavy (non-hydrogen) atoms. The SMILES string of the molecule is COc1ccc([Si](C)(C)[C@H]2[C@H](CCn3cc(C(CO)c4ccccc4)nn3)O[C@@]3(C(=O)N(Cc4cccc(N5CCCC5=O)c4)c4ccc(N5CCCC5=O)cc43)[C@@H]2C)cc1. The van der Waals surface area contributed by atoms with Crippen LogP contribution in [0, 0.1) is 5.92 Å². The minimum atomic E-state index is -2.46. The highest BCUT2D eigenvalue weighted by atomic mass is 28.3. The lowest BCUT2D eigenvalue weighted by molar-refractivity contribution is -0.146. The van der Waals surface area contributed by atoms with Gasteiger partial charge in [-0.15, -0.1) is 5.10 Å². The van der Waals surface area contributed by atoms with Gasteiger partial charge in [0.1, 0.15) is 5.75 Å². The van der Waals surface area contributed by atoms with Crippen molar-refractivity contribution >= 4 is 48.0 Å². The second kappa shape index (κ2) is 16.3. The van der Waals surface area contributed by atoms with E-state index in [0.29, 0.717) is 51.1 Å². The molecule has 4 aromatic carbocycles. The lowest BCUT2D eigenvalue weighted by atomic mass is 9.82. The minimum absolute atomic E-state index is 0.0169. The van der Waals surface area contributed by atoms with Gasteiger partial charge < -0.3 is 29.3 Å². The molecule has 5 aromatic rings. The van der Waals surface area contributed by atoms with Crippen LogP contribution in [0.2, 0.25) is 18.6 Å². The lowest BCUT2D eigenvalue weighted by Gasteiger charge is -2.37. The van der Waals surface area contributed by atoms with E-state index in [-0.39, 0.29) is 47.8 Å². The molecule has 3 amide bonds. The molecule has 1 N–H and O–H groups in total. The highest BCUT2D eigenvalue weighted by Crippen LogP contribution is 2.60. The molecule has 1 spiro atoms. The number of methoxy groups -OCH3 is 1. The first-order chi connectivity index (χ1) is 29.5. The van der Waals surface area contributed by atoms with Crippen molar-refractivity contribution in [2.75, 3.05) is 41.5 Å². The van der Waals surface area contributed by atoms with Gasteiger partial charge in [-0.3, -0.25) is 19.1 Å². The van der Waals surface area contributed by atoms with Gasteiger partial charge in [0, 0.05) is 61.5 Å². The smallest absolute Gasteiger partial charge is 0.264 e. The van der Waals surface area contributed by atoms with Crippen LogP contribution in [0.15, 0.2) is 103 Å². The van der Waals surface area contributed by atoms with Gasteiger partial charge >= 0.3 is 0 Å². The molecule has 12 nitrogen and oxygen atoms in total. The van der Waals surface area contributed by atoms with Crippen molar-refractivity contribution in [3.8, 4) is 5.75 Å². The molecule has 3 saturated heterocycles. The number of nitrogens with zero attached hydrogens (tertiary/aromatic N) is 6. The maximum absolute atomic E-state index is 15.7. The van der Waals surface area contributed by atoms with Crippen LogP contribution in [0.4, 0.5) is 17.1 Å². The number of hydrogen-bond acceptors (Lipinski definition) is 8. The summed E-state index contributed by atoms with van der Waals surface area (Å²) < 4.78 is 14.9. The summed E-state index contributed by atoms with van der Waals surface area (Å²) in [6.07, 6.45) is 4.78. The predicted octanol–water partition coefficient (Wildman–Crippen LogP) is 6.52. The fourth-order valence-electron chi connectivity index (χ4n) is 10.6. The maximum atomic E-state index is 15.7. The lowest BCUT2D eigenvalue weighted by Crippen LogP contribution is -2.51. The van der Waals surface area contributed by atoms with Gasteiger partial charge in [-0.25, -0.2) is 0 Å². The first-order valence-corrected chi connectivity index (χ1v) is 24.7. The Hall–Kier alpha value is -5.63. The van der Waals surface area contributed by atoms with Crippen LogP contribution in [0.1, 0.15) is 67.3 Å². The monoisotopic (exact) mass is 838 g/mol. The maximum Gasteiger partial charge on any atom is 0.264 e. The Labute approximate surface area is 358 Å². The molecule has 0 radical (unpaired) electrons. The van der Waals surface area contributed by atoms with E-state index >= 15 is 4.79 Å². The van der Waals surface area contributed by atoms with Crippen molar-refractivity contribution in [2.24, 2.45) is 5.92 Å². The van der Waals surface area contributed by atoms with Crippen LogP contribution in [0.25, 0.3) is 0 Å². The van der Waals surface area contributed by atoms with Gasteiger partial charge in [0.15, 0.2) is 5.60 Å². The topological polar surface area (TPSA) is 130 Å². The van der Waals surface area contributed by atoms with E-state index in [1.54, 1.807) is 7.11 Å². The molecular formula is C48H54N6O6Si. The van der Waals surface area contributed by atoms with Crippen LogP contribution in [-0.4, -0.2) is 78.8 Å². The highest BCUT2D eigenvalue weighted by molar-refractivity contribution is 6.91. The molecule has 13 heteroatoms. The summed E-state index contributed by atoms with van der Waals surface area (Å²) in [4.78, 5) is 47.1. The summed E-state index contributed by atoms with van der Waals surface area (Å²) >= 11 is 0. The minimum Gasteiger partial charge on any atom is -0.497 e. The zero-order chi connectivity index (χ0) is 42.5. The third-order valence-electron chi connectivity index (χ3n) is 13.8. The number of carbonyl (C=O) groups is 3. The summed E-state index contributed by atoms with van der Waals surface area (Å²) in [5.41, 5.74) is 4.40. The van der Waals surface area contributed by atoms with E-state index in [0.717, 1.165) is 52.3 Å². The number of ether oxygens (including phenoxy) is 2. The van der Waals surface area contributed by atoms with E-state index in [2.05, 4.69) is 42.5 Å². The first-order valence-electron chi connectivity index (χ1n) is 21.6. The van der Waals surface area contributed by atoms with Gasteiger partial charge in [0.25, 0.3) is 5.91 Å². The molecule has 1 aromatic heterocycles. The number of aliphatic hydroxyl groups is 1. The van der Waals surface area contributed by atoms with Crippen LogP contribution in [0.3, 0.4) is 0 Å². The standard InChI is InChI=1S/C48H54N6O6Si/c1-32-46(61(3,4)38-20-18-37(59-2)19-21-38)43(23-26-51-30-41(49-50-51)39(31-55)34-12-6-5-7-13-34)60-48(32)40-28-36(53-25-10-16-45(53)57)17-22-42(40)54(47(48)58)29-33-11-8-14-35(27-33)52-24-9-15-44(52)56/h5-8,11-14,17-22,27-28,30,32,39,43,46,55H,9-10,15-16,23-26,29,31H2,1-4H3/t32-,39?,43+,46-,48+/m1/s1. The molecule has 0 saturated carbocycles. The largest absolute Gasteiger partial charge is 0.497 e. The van der Waals surface area contributed by atoms with E-state index in [9.17, 15) is 14.7 Å². The van der Waals surface area contributed by atoms with E-state index in [1.165, 1.54) is 5.19 Å². The Morgan fingerprint density at radius 2 is 1.59 bits per heavy atom. The van der Waals surface area contributed by atoms with Gasteiger partial charge in [-0.05, 0) is 78.4 Å². The van der Waals surface area contributed by atoms with Crippen molar-refractivity contribution in [1.29, 1.82) is 0 Å². The second-order valence-corrected chi connectivity index (χ2v) is 22.2. The molecule has 0 aliphatic carbocycles. The normalized spacial score (nSPS) is 23.1. The Bertz CT molecular complexity index is 2440. The number of rotatable bonds is 13. The molecule has 4 aliphatic rings. The number of aryl methyl sites for hydroxylation is 1. The average molecular weight is 839 g/mol. The van der Waals surface area contributed by atoms with E-state index in [4.69, 9.17) is 9.47 Å². The Morgan fingerprint density at radius 3 is 2.25 bits per heavy atom. The summed E-state index contributed by atoms with van der Waals surface area (Å²) in [6.45, 7) is 8.92. The Kier molecular flexibility index (Phi) is 10.9. The fourth-order valence-corrected chi connectivity index (χ4v) is 14.7. The summed E-state index contributed by atoms with van der Waals surface area (Å²) in [5, 5.41) is 20.6.